The molecule has 0 heterocycles. The molecule has 0 bridgehead atoms. The monoisotopic (exact) mass is 295 g/mol. The number of hydrogen-bond donors (Lipinski definition) is 2. The van der Waals surface area contributed by atoms with Gasteiger partial charge in [-0.05, 0) is 17.5 Å². The van der Waals surface area contributed by atoms with Crippen LogP contribution < -0.4 is 5.32 Å². The molecule has 0 radical (unpaired) electrons. The van der Waals surface area contributed by atoms with Crippen molar-refractivity contribution in [1.82, 2.24) is 5.32 Å². The van der Waals surface area contributed by atoms with Crippen molar-refractivity contribution < 1.29 is 14.7 Å². The van der Waals surface area contributed by atoms with Crippen LogP contribution in [0.1, 0.15) is 21.5 Å². The number of benzene rings is 2. The second-order valence-corrected chi connectivity index (χ2v) is 5.51. The smallest absolute Gasteiger partial charge is 0.321 e. The highest BCUT2D eigenvalue weighted by atomic mass is 16.4. The van der Waals surface area contributed by atoms with Gasteiger partial charge in [0.05, 0.1) is 5.92 Å². The number of carboxylic acids is 1. The molecule has 1 aliphatic rings. The van der Waals surface area contributed by atoms with Crippen LogP contribution in [0.3, 0.4) is 0 Å². The molecule has 0 aliphatic heterocycles. The van der Waals surface area contributed by atoms with Crippen LogP contribution >= 0.6 is 0 Å². The van der Waals surface area contributed by atoms with Gasteiger partial charge >= 0.3 is 5.97 Å². The van der Waals surface area contributed by atoms with E-state index in [1.165, 1.54) is 0 Å². The Bertz CT molecular complexity index is 696. The molecular weight excluding hydrogens is 278 g/mol. The van der Waals surface area contributed by atoms with Gasteiger partial charge in [-0.25, -0.2) is 0 Å². The van der Waals surface area contributed by atoms with Gasteiger partial charge in [0.15, 0.2) is 5.78 Å². The largest absolute Gasteiger partial charge is 0.480 e. The van der Waals surface area contributed by atoms with Crippen molar-refractivity contribution in [2.75, 3.05) is 0 Å². The zero-order chi connectivity index (χ0) is 15.5. The molecule has 3 rings (SSSR count). The van der Waals surface area contributed by atoms with E-state index >= 15 is 0 Å². The van der Waals surface area contributed by atoms with Gasteiger partial charge in [-0.15, -0.1) is 0 Å². The van der Waals surface area contributed by atoms with E-state index in [1.54, 1.807) is 6.07 Å². The molecule has 0 saturated carbocycles. The van der Waals surface area contributed by atoms with Crippen LogP contribution in [0.15, 0.2) is 54.6 Å². The minimum atomic E-state index is -0.984. The van der Waals surface area contributed by atoms with Gasteiger partial charge in [-0.3, -0.25) is 14.9 Å². The summed E-state index contributed by atoms with van der Waals surface area (Å²) in [6.45, 7) is 0.429. The lowest BCUT2D eigenvalue weighted by molar-refractivity contribution is -0.140. The van der Waals surface area contributed by atoms with Gasteiger partial charge < -0.3 is 5.11 Å². The number of ketones is 1. The first kappa shape index (κ1) is 14.5. The molecule has 4 heteroatoms. The lowest BCUT2D eigenvalue weighted by Gasteiger charge is -2.19. The van der Waals surface area contributed by atoms with Gasteiger partial charge in [-0.1, -0.05) is 54.6 Å². The molecule has 4 nitrogen and oxygen atoms in total. The summed E-state index contributed by atoms with van der Waals surface area (Å²) >= 11 is 0. The number of Topliss-reactive ketones (excluding diaryl/α,β-unsaturated/α-hetero) is 1. The summed E-state index contributed by atoms with van der Waals surface area (Å²) in [5.41, 5.74) is 2.59. The first-order valence-electron chi connectivity index (χ1n) is 7.29. The molecule has 112 valence electrons. The third-order valence-corrected chi connectivity index (χ3v) is 4.10. The average molecular weight is 295 g/mol. The standard InChI is InChI=1S/C18H17NO3/c20-17-14-9-5-4-8-13(14)10-15(17)16(18(21)22)19-11-12-6-2-1-3-7-12/h1-9,15-16,19H,10-11H2,(H,21,22)/t15-,16-/m1/s1. The summed E-state index contributed by atoms with van der Waals surface area (Å²) in [7, 11) is 0. The van der Waals surface area contributed by atoms with Gasteiger partial charge in [0.25, 0.3) is 0 Å². The van der Waals surface area contributed by atoms with Crippen LogP contribution in [-0.4, -0.2) is 22.9 Å². The molecule has 0 spiro atoms. The molecule has 0 aromatic heterocycles. The normalized spacial score (nSPS) is 18.0. The number of fused-ring (bicyclic) bond motifs is 1. The van der Waals surface area contributed by atoms with E-state index in [2.05, 4.69) is 5.32 Å². The summed E-state index contributed by atoms with van der Waals surface area (Å²) in [5, 5.41) is 12.5. The van der Waals surface area contributed by atoms with E-state index in [1.807, 2.05) is 48.5 Å². The highest BCUT2D eigenvalue weighted by Crippen LogP contribution is 2.29. The van der Waals surface area contributed by atoms with Gasteiger partial charge in [-0.2, -0.15) is 0 Å². The maximum absolute atomic E-state index is 12.5. The second kappa shape index (κ2) is 6.12. The minimum absolute atomic E-state index is 0.0800. The molecule has 1 aliphatic carbocycles. The third kappa shape index (κ3) is 2.78. The SMILES string of the molecule is O=C1c2ccccc2C[C@@H]1[C@@H](NCc1ccccc1)C(=O)O. The molecule has 22 heavy (non-hydrogen) atoms. The Labute approximate surface area is 128 Å². The Morgan fingerprint density at radius 2 is 1.82 bits per heavy atom. The average Bonchev–Trinajstić information content (AvgIpc) is 2.86. The molecule has 0 amide bonds. The number of rotatable bonds is 5. The molecule has 0 saturated heterocycles. The maximum atomic E-state index is 12.5. The number of carbonyl (C=O) groups excluding carboxylic acids is 1. The van der Waals surface area contributed by atoms with Crippen LogP contribution in [0.5, 0.6) is 0 Å². The van der Waals surface area contributed by atoms with Crippen molar-refractivity contribution in [1.29, 1.82) is 0 Å². The molecule has 2 atom stereocenters. The molecule has 2 N–H and O–H groups in total. The Morgan fingerprint density at radius 3 is 2.50 bits per heavy atom. The highest BCUT2D eigenvalue weighted by Gasteiger charge is 2.39. The van der Waals surface area contributed by atoms with Crippen LogP contribution in [0.4, 0.5) is 0 Å². The predicted molar refractivity (Wildman–Crippen MR) is 82.7 cm³/mol. The number of nitrogens with one attached hydrogen (secondary N) is 1. The third-order valence-electron chi connectivity index (χ3n) is 4.10. The minimum Gasteiger partial charge on any atom is -0.480 e. The topological polar surface area (TPSA) is 66.4 Å². The summed E-state index contributed by atoms with van der Waals surface area (Å²) in [6, 6.07) is 16.1. The summed E-state index contributed by atoms with van der Waals surface area (Å²) in [5.74, 6) is -1.61. The fourth-order valence-corrected chi connectivity index (χ4v) is 2.96. The number of carboxylic acid groups (broad SMARTS) is 1. The molecule has 2 aromatic rings. The molecule has 0 unspecified atom stereocenters. The predicted octanol–water partition coefficient (Wildman–Crippen LogP) is 2.28. The van der Waals surface area contributed by atoms with Crippen molar-refractivity contribution in [3.63, 3.8) is 0 Å². The molecule has 2 aromatic carbocycles. The van der Waals surface area contributed by atoms with E-state index in [0.717, 1.165) is 11.1 Å². The van der Waals surface area contributed by atoms with Crippen molar-refractivity contribution in [3.8, 4) is 0 Å². The first-order chi connectivity index (χ1) is 10.7. The van der Waals surface area contributed by atoms with E-state index in [4.69, 9.17) is 0 Å². The number of hydrogen-bond acceptors (Lipinski definition) is 3. The van der Waals surface area contributed by atoms with E-state index in [-0.39, 0.29) is 5.78 Å². The van der Waals surface area contributed by atoms with Crippen molar-refractivity contribution in [2.24, 2.45) is 5.92 Å². The van der Waals surface area contributed by atoms with E-state index in [9.17, 15) is 14.7 Å². The molecular formula is C18H17NO3. The highest BCUT2D eigenvalue weighted by molar-refractivity contribution is 6.04. The van der Waals surface area contributed by atoms with Gasteiger partial charge in [0, 0.05) is 12.1 Å². The second-order valence-electron chi connectivity index (χ2n) is 5.51. The summed E-state index contributed by atoms with van der Waals surface area (Å²) in [6.07, 6.45) is 0.480. The van der Waals surface area contributed by atoms with Gasteiger partial charge in [0.1, 0.15) is 6.04 Å². The van der Waals surface area contributed by atoms with Crippen LogP contribution in [0.25, 0.3) is 0 Å². The van der Waals surface area contributed by atoms with Crippen LogP contribution in [0.2, 0.25) is 0 Å². The summed E-state index contributed by atoms with van der Waals surface area (Å²) < 4.78 is 0. The van der Waals surface area contributed by atoms with Crippen LogP contribution in [-0.2, 0) is 17.8 Å². The lowest BCUT2D eigenvalue weighted by atomic mass is 9.95. The van der Waals surface area contributed by atoms with E-state index < -0.39 is 17.9 Å². The first-order valence-corrected chi connectivity index (χ1v) is 7.29. The van der Waals surface area contributed by atoms with Crippen molar-refractivity contribution in [3.05, 3.63) is 71.3 Å². The van der Waals surface area contributed by atoms with Crippen LogP contribution in [0, 0.1) is 5.92 Å². The van der Waals surface area contributed by atoms with Gasteiger partial charge in [0.2, 0.25) is 0 Å². The lowest BCUT2D eigenvalue weighted by Crippen LogP contribution is -2.44. The Hall–Kier alpha value is -2.46. The fourth-order valence-electron chi connectivity index (χ4n) is 2.96. The Morgan fingerprint density at radius 1 is 1.14 bits per heavy atom. The van der Waals surface area contributed by atoms with Crippen molar-refractivity contribution >= 4 is 11.8 Å². The maximum Gasteiger partial charge on any atom is 0.321 e. The summed E-state index contributed by atoms with van der Waals surface area (Å²) in [4.78, 5) is 24.0. The number of aliphatic carboxylic acids is 1. The fraction of sp³-hybridized carbons (Fsp3) is 0.222. The van der Waals surface area contributed by atoms with Crippen molar-refractivity contribution in [2.45, 2.75) is 19.0 Å². The Balaban J connectivity index is 1.76. The Kier molecular flexibility index (Phi) is 4.02. The quantitative estimate of drug-likeness (QED) is 0.888. The number of carbonyl (C=O) groups is 2. The molecule has 0 fully saturated rings. The zero-order valence-electron chi connectivity index (χ0n) is 12.0. The van der Waals surface area contributed by atoms with E-state index in [0.29, 0.717) is 18.5 Å². The zero-order valence-corrected chi connectivity index (χ0v) is 12.0.